The molecule has 0 aromatic carbocycles. The van der Waals surface area contributed by atoms with Crippen molar-refractivity contribution in [3.63, 3.8) is 0 Å². The summed E-state index contributed by atoms with van der Waals surface area (Å²) in [6, 6.07) is 0. The molecular formula is C17H26N2O4. The van der Waals surface area contributed by atoms with Crippen molar-refractivity contribution in [2.45, 2.75) is 44.9 Å². The van der Waals surface area contributed by atoms with E-state index in [4.69, 9.17) is 0 Å². The summed E-state index contributed by atoms with van der Waals surface area (Å²) >= 11 is 0. The normalized spacial score (nSPS) is 24.8. The van der Waals surface area contributed by atoms with Crippen molar-refractivity contribution in [2.24, 2.45) is 5.41 Å². The molecule has 2 aliphatic heterocycles. The average molecular weight is 322 g/mol. The molecule has 2 fully saturated rings. The van der Waals surface area contributed by atoms with Crippen molar-refractivity contribution in [1.29, 1.82) is 0 Å². The number of likely N-dealkylation sites (tertiary alicyclic amines) is 2. The Kier molecular flexibility index (Phi) is 5.80. The van der Waals surface area contributed by atoms with Gasteiger partial charge < -0.3 is 14.9 Å². The standard InChI is InChI=1S/C17H26N2O4/c1-2-8-17(16(22)23)9-5-12-19(13-17)15(21)7-4-11-18-10-3-6-14(18)20/h2H,1,3-13H2,(H,22,23). The molecular weight excluding hydrogens is 296 g/mol. The first kappa shape index (κ1) is 17.5. The van der Waals surface area contributed by atoms with E-state index in [2.05, 4.69) is 6.58 Å². The van der Waals surface area contributed by atoms with Crippen LogP contribution in [-0.2, 0) is 14.4 Å². The minimum absolute atomic E-state index is 0.00830. The lowest BCUT2D eigenvalue weighted by Crippen LogP contribution is -2.49. The molecule has 1 unspecified atom stereocenters. The van der Waals surface area contributed by atoms with Gasteiger partial charge in [0.2, 0.25) is 11.8 Å². The third-order valence-corrected chi connectivity index (χ3v) is 4.91. The molecule has 0 saturated carbocycles. The molecule has 6 nitrogen and oxygen atoms in total. The number of carbonyl (C=O) groups is 3. The fourth-order valence-electron chi connectivity index (χ4n) is 3.57. The van der Waals surface area contributed by atoms with Crippen LogP contribution >= 0.6 is 0 Å². The van der Waals surface area contributed by atoms with Crippen LogP contribution in [0.25, 0.3) is 0 Å². The van der Waals surface area contributed by atoms with Gasteiger partial charge in [0.05, 0.1) is 5.41 Å². The molecule has 0 aliphatic carbocycles. The van der Waals surface area contributed by atoms with E-state index < -0.39 is 11.4 Å². The van der Waals surface area contributed by atoms with Gasteiger partial charge in [-0.05, 0) is 32.1 Å². The molecule has 2 amide bonds. The molecule has 0 aromatic heterocycles. The molecule has 0 spiro atoms. The second kappa shape index (κ2) is 7.62. The van der Waals surface area contributed by atoms with Crippen LogP contribution in [0.4, 0.5) is 0 Å². The Morgan fingerprint density at radius 3 is 2.70 bits per heavy atom. The molecule has 1 atom stereocenters. The van der Waals surface area contributed by atoms with Gasteiger partial charge in [0.15, 0.2) is 0 Å². The van der Waals surface area contributed by atoms with Crippen LogP contribution in [0.1, 0.15) is 44.9 Å². The lowest BCUT2D eigenvalue weighted by atomic mass is 9.77. The zero-order valence-electron chi connectivity index (χ0n) is 13.6. The van der Waals surface area contributed by atoms with Crippen LogP contribution in [0.15, 0.2) is 12.7 Å². The van der Waals surface area contributed by atoms with Crippen LogP contribution in [0.5, 0.6) is 0 Å². The predicted molar refractivity (Wildman–Crippen MR) is 85.7 cm³/mol. The number of hydrogen-bond donors (Lipinski definition) is 1. The lowest BCUT2D eigenvalue weighted by Gasteiger charge is -2.39. The van der Waals surface area contributed by atoms with Gasteiger partial charge in [-0.15, -0.1) is 6.58 Å². The summed E-state index contributed by atoms with van der Waals surface area (Å²) in [7, 11) is 0. The fraction of sp³-hybridized carbons (Fsp3) is 0.706. The topological polar surface area (TPSA) is 77.9 Å². The fourth-order valence-corrected chi connectivity index (χ4v) is 3.57. The Balaban J connectivity index is 1.85. The van der Waals surface area contributed by atoms with Crippen molar-refractivity contribution in [2.75, 3.05) is 26.2 Å². The molecule has 2 aliphatic rings. The molecule has 1 N–H and O–H groups in total. The number of piperidine rings is 1. The van der Waals surface area contributed by atoms with E-state index in [1.54, 1.807) is 11.0 Å². The molecule has 2 saturated heterocycles. The van der Waals surface area contributed by atoms with Gasteiger partial charge in [-0.1, -0.05) is 6.08 Å². The van der Waals surface area contributed by atoms with Gasteiger partial charge in [-0.25, -0.2) is 0 Å². The molecule has 0 radical (unpaired) electrons. The van der Waals surface area contributed by atoms with E-state index >= 15 is 0 Å². The first-order valence-electron chi connectivity index (χ1n) is 8.38. The van der Waals surface area contributed by atoms with Gasteiger partial charge in [0.25, 0.3) is 0 Å². The Morgan fingerprint density at radius 1 is 1.30 bits per heavy atom. The van der Waals surface area contributed by atoms with Crippen molar-refractivity contribution in [3.05, 3.63) is 12.7 Å². The number of nitrogens with zero attached hydrogens (tertiary/aromatic N) is 2. The Morgan fingerprint density at radius 2 is 2.09 bits per heavy atom. The van der Waals surface area contributed by atoms with E-state index in [9.17, 15) is 19.5 Å². The first-order valence-corrected chi connectivity index (χ1v) is 8.38. The minimum atomic E-state index is -0.888. The van der Waals surface area contributed by atoms with E-state index in [-0.39, 0.29) is 18.4 Å². The maximum absolute atomic E-state index is 12.4. The highest BCUT2D eigenvalue weighted by atomic mass is 16.4. The van der Waals surface area contributed by atoms with Gasteiger partial charge in [-0.3, -0.25) is 14.4 Å². The maximum atomic E-state index is 12.4. The smallest absolute Gasteiger partial charge is 0.311 e. The number of aliphatic carboxylic acids is 1. The molecule has 0 aromatic rings. The van der Waals surface area contributed by atoms with Crippen LogP contribution in [0.2, 0.25) is 0 Å². The maximum Gasteiger partial charge on any atom is 0.311 e. The van der Waals surface area contributed by atoms with Crippen LogP contribution in [0.3, 0.4) is 0 Å². The van der Waals surface area contributed by atoms with E-state index in [1.807, 2.05) is 4.90 Å². The van der Waals surface area contributed by atoms with Crippen LogP contribution < -0.4 is 0 Å². The Labute approximate surface area is 137 Å². The molecule has 128 valence electrons. The molecule has 2 rings (SSSR count). The monoisotopic (exact) mass is 322 g/mol. The van der Waals surface area contributed by atoms with Crippen molar-refractivity contribution in [3.8, 4) is 0 Å². The number of amides is 2. The largest absolute Gasteiger partial charge is 0.481 e. The van der Waals surface area contributed by atoms with Crippen molar-refractivity contribution in [1.82, 2.24) is 9.80 Å². The second-order valence-electron chi connectivity index (χ2n) is 6.59. The SMILES string of the molecule is C=CCC1(C(=O)O)CCCN(C(=O)CCCN2CCCC2=O)C1. The summed E-state index contributed by atoms with van der Waals surface area (Å²) in [5.74, 6) is -0.685. The third-order valence-electron chi connectivity index (χ3n) is 4.91. The summed E-state index contributed by atoms with van der Waals surface area (Å²) in [5, 5.41) is 9.54. The summed E-state index contributed by atoms with van der Waals surface area (Å²) in [6.07, 6.45) is 5.83. The molecule has 23 heavy (non-hydrogen) atoms. The summed E-state index contributed by atoms with van der Waals surface area (Å²) in [4.78, 5) is 39.0. The highest BCUT2D eigenvalue weighted by molar-refractivity contribution is 5.80. The van der Waals surface area contributed by atoms with Gasteiger partial charge >= 0.3 is 5.97 Å². The van der Waals surface area contributed by atoms with Crippen molar-refractivity contribution >= 4 is 17.8 Å². The van der Waals surface area contributed by atoms with Gasteiger partial charge in [-0.2, -0.15) is 0 Å². The average Bonchev–Trinajstić information content (AvgIpc) is 2.93. The highest BCUT2D eigenvalue weighted by Crippen LogP contribution is 2.34. The summed E-state index contributed by atoms with van der Waals surface area (Å²) in [6.45, 7) is 5.94. The number of allylic oxidation sites excluding steroid dienone is 1. The highest BCUT2D eigenvalue weighted by Gasteiger charge is 2.42. The van der Waals surface area contributed by atoms with Gasteiger partial charge in [0.1, 0.15) is 0 Å². The number of rotatable bonds is 7. The van der Waals surface area contributed by atoms with E-state index in [1.165, 1.54) is 0 Å². The number of carbonyl (C=O) groups excluding carboxylic acids is 2. The van der Waals surface area contributed by atoms with Crippen molar-refractivity contribution < 1.29 is 19.5 Å². The van der Waals surface area contributed by atoms with Crippen LogP contribution in [-0.4, -0.2) is 58.9 Å². The number of carboxylic acids is 1. The van der Waals surface area contributed by atoms with Gasteiger partial charge in [0, 0.05) is 39.0 Å². The summed E-state index contributed by atoms with van der Waals surface area (Å²) < 4.78 is 0. The van der Waals surface area contributed by atoms with E-state index in [0.717, 1.165) is 13.0 Å². The Bertz CT molecular complexity index is 491. The minimum Gasteiger partial charge on any atom is -0.481 e. The van der Waals surface area contributed by atoms with E-state index in [0.29, 0.717) is 51.6 Å². The zero-order valence-corrected chi connectivity index (χ0v) is 13.6. The quantitative estimate of drug-likeness (QED) is 0.723. The number of carboxylic acid groups (broad SMARTS) is 1. The zero-order chi connectivity index (χ0) is 16.9. The lowest BCUT2D eigenvalue weighted by molar-refractivity contribution is -0.154. The molecule has 0 bridgehead atoms. The first-order chi connectivity index (χ1) is 11.0. The Hall–Kier alpha value is -1.85. The molecule has 2 heterocycles. The number of hydrogen-bond acceptors (Lipinski definition) is 3. The predicted octanol–water partition coefficient (Wildman–Crippen LogP) is 1.66. The van der Waals surface area contributed by atoms with Crippen LogP contribution in [0, 0.1) is 5.41 Å². The third kappa shape index (κ3) is 4.12. The summed E-state index contributed by atoms with van der Waals surface area (Å²) in [5.41, 5.74) is -0.888. The molecule has 6 heteroatoms. The second-order valence-corrected chi connectivity index (χ2v) is 6.59.